The van der Waals surface area contributed by atoms with E-state index in [1.54, 1.807) is 24.3 Å². The molecule has 11 nitrogen and oxygen atoms in total. The minimum Gasteiger partial charge on any atom is -0.488 e. The van der Waals surface area contributed by atoms with Gasteiger partial charge in [-0.3, -0.25) is 9.59 Å². The van der Waals surface area contributed by atoms with Crippen molar-refractivity contribution >= 4 is 32.9 Å². The van der Waals surface area contributed by atoms with Gasteiger partial charge in [-0.05, 0) is 87.1 Å². The molecule has 12 heteroatoms. The third kappa shape index (κ3) is 6.36. The van der Waals surface area contributed by atoms with Crippen molar-refractivity contribution in [1.82, 2.24) is 24.6 Å². The number of aromatic nitrogens is 3. The molecule has 46 heavy (non-hydrogen) atoms. The van der Waals surface area contributed by atoms with E-state index in [0.717, 1.165) is 38.9 Å². The highest BCUT2D eigenvalue weighted by Gasteiger charge is 2.37. The van der Waals surface area contributed by atoms with Gasteiger partial charge in [0.15, 0.2) is 0 Å². The largest absolute Gasteiger partial charge is 0.488 e. The van der Waals surface area contributed by atoms with Gasteiger partial charge in [0.25, 0.3) is 0 Å². The van der Waals surface area contributed by atoms with Gasteiger partial charge in [-0.2, -0.15) is 4.31 Å². The van der Waals surface area contributed by atoms with Gasteiger partial charge in [0.2, 0.25) is 15.9 Å². The number of aliphatic carboxylic acids is 1. The van der Waals surface area contributed by atoms with Crippen molar-refractivity contribution in [1.29, 1.82) is 0 Å². The molecule has 5 rings (SSSR count). The Hall–Kier alpha value is -4.29. The molecule has 2 atom stereocenters. The van der Waals surface area contributed by atoms with Crippen molar-refractivity contribution < 1.29 is 27.9 Å². The highest BCUT2D eigenvalue weighted by molar-refractivity contribution is 7.89. The van der Waals surface area contributed by atoms with Gasteiger partial charge in [0, 0.05) is 24.5 Å². The molecule has 3 aromatic carbocycles. The van der Waals surface area contributed by atoms with Crippen LogP contribution in [-0.4, -0.2) is 62.9 Å². The lowest BCUT2D eigenvalue weighted by Gasteiger charge is -2.37. The summed E-state index contributed by atoms with van der Waals surface area (Å²) in [6.07, 6.45) is -0.340. The molecule has 0 bridgehead atoms. The molecular weight excluding hydrogens is 606 g/mol. The lowest BCUT2D eigenvalue weighted by atomic mass is 9.74. The second kappa shape index (κ2) is 12.8. The number of benzene rings is 3. The second-order valence-corrected chi connectivity index (χ2v) is 14.3. The predicted molar refractivity (Wildman–Crippen MR) is 174 cm³/mol. The molecule has 1 aliphatic rings. The molecule has 1 unspecified atom stereocenters. The number of aryl methyl sites for hydroxylation is 3. The molecule has 0 radical (unpaired) electrons. The fraction of sp³-hybridized carbons (Fsp3) is 0.412. The summed E-state index contributed by atoms with van der Waals surface area (Å²) < 4.78 is 37.3. The van der Waals surface area contributed by atoms with Crippen LogP contribution in [0.1, 0.15) is 74.3 Å². The zero-order valence-electron chi connectivity index (χ0n) is 27.1. The van der Waals surface area contributed by atoms with Gasteiger partial charge in [-0.25, -0.2) is 13.1 Å². The van der Waals surface area contributed by atoms with Crippen molar-refractivity contribution in [2.45, 2.75) is 89.9 Å². The number of hydrogen-bond donors (Lipinski definition) is 2. The van der Waals surface area contributed by atoms with E-state index in [1.165, 1.54) is 4.31 Å². The van der Waals surface area contributed by atoms with Crippen molar-refractivity contribution in [2.24, 2.45) is 0 Å². The van der Waals surface area contributed by atoms with Crippen LogP contribution in [0.25, 0.3) is 11.0 Å². The fourth-order valence-electron chi connectivity index (χ4n) is 6.36. The molecule has 0 saturated heterocycles. The molecular formula is C34H41N5O6S. The van der Waals surface area contributed by atoms with E-state index in [4.69, 9.17) is 4.74 Å². The minimum absolute atomic E-state index is 0.123. The molecule has 2 heterocycles. The third-order valence-electron chi connectivity index (χ3n) is 8.76. The lowest BCUT2D eigenvalue weighted by Crippen LogP contribution is -2.49. The summed E-state index contributed by atoms with van der Waals surface area (Å²) in [5, 5.41) is 21.0. The number of carboxylic acid groups (broad SMARTS) is 1. The van der Waals surface area contributed by atoms with Crippen molar-refractivity contribution in [3.8, 4) is 5.75 Å². The summed E-state index contributed by atoms with van der Waals surface area (Å²) in [7, 11) is -3.87. The normalized spacial score (nSPS) is 17.1. The van der Waals surface area contributed by atoms with Gasteiger partial charge in [0.1, 0.15) is 28.7 Å². The molecule has 1 amide bonds. The first kappa shape index (κ1) is 33.1. The van der Waals surface area contributed by atoms with Crippen molar-refractivity contribution in [3.63, 3.8) is 0 Å². The SMILES string of the molecule is CC[C@@H]1CN(Cc2cc(C(c3ccc4c(nnn4CC)c3C)C(C)(C)NC(=O)CC(=O)O)ccc2C)S(=O)(=O)c2ccccc2O1. The lowest BCUT2D eigenvalue weighted by molar-refractivity contribution is -0.141. The number of nitrogens with one attached hydrogen (secondary N) is 1. The smallest absolute Gasteiger partial charge is 0.312 e. The summed E-state index contributed by atoms with van der Waals surface area (Å²) in [5.41, 5.74) is 5.01. The van der Waals surface area contributed by atoms with Crippen LogP contribution in [0.3, 0.4) is 0 Å². The quantitative estimate of drug-likeness (QED) is 0.231. The first-order valence-electron chi connectivity index (χ1n) is 15.5. The Labute approximate surface area is 269 Å². The zero-order chi connectivity index (χ0) is 33.4. The number of sulfonamides is 1. The summed E-state index contributed by atoms with van der Waals surface area (Å²) in [6, 6.07) is 16.6. The zero-order valence-corrected chi connectivity index (χ0v) is 27.9. The van der Waals surface area contributed by atoms with E-state index >= 15 is 0 Å². The highest BCUT2D eigenvalue weighted by atomic mass is 32.2. The van der Waals surface area contributed by atoms with E-state index < -0.39 is 39.8 Å². The number of nitrogens with zero attached hydrogens (tertiary/aromatic N) is 4. The van der Waals surface area contributed by atoms with E-state index in [0.29, 0.717) is 18.7 Å². The summed E-state index contributed by atoms with van der Waals surface area (Å²) in [6.45, 7) is 12.6. The number of carbonyl (C=O) groups is 2. The maximum atomic E-state index is 13.9. The third-order valence-corrected chi connectivity index (χ3v) is 10.6. The second-order valence-electron chi connectivity index (χ2n) is 12.4. The average Bonchev–Trinajstić information content (AvgIpc) is 3.38. The topological polar surface area (TPSA) is 144 Å². The van der Waals surface area contributed by atoms with Crippen LogP contribution in [0.2, 0.25) is 0 Å². The standard InChI is InChI=1S/C34H41N5O6S/c1-7-25-20-38(46(43,44)29-12-10-9-11-28(29)45-25)19-24-17-23(14-13-21(24)3)32(34(5,6)35-30(40)18-31(41)42)26-15-16-27-33(22(26)4)36-37-39(27)8-2/h9-17,25,32H,7-8,18-20H2,1-6H3,(H,35,40)(H,41,42)/t25-,32?/m1/s1. The number of ether oxygens (including phenoxy) is 1. The maximum Gasteiger partial charge on any atom is 0.312 e. The summed E-state index contributed by atoms with van der Waals surface area (Å²) in [5.74, 6) is -1.92. The van der Waals surface area contributed by atoms with Crippen molar-refractivity contribution in [2.75, 3.05) is 6.54 Å². The number of para-hydroxylation sites is 1. The van der Waals surface area contributed by atoms with Crippen LogP contribution in [0.4, 0.5) is 0 Å². The molecule has 0 spiro atoms. The Bertz CT molecular complexity index is 1900. The molecule has 4 aromatic rings. The molecule has 1 aromatic heterocycles. The Morgan fingerprint density at radius 2 is 1.85 bits per heavy atom. The van der Waals surface area contributed by atoms with E-state index in [-0.39, 0.29) is 24.1 Å². The van der Waals surface area contributed by atoms with E-state index in [9.17, 15) is 23.1 Å². The number of carboxylic acids is 1. The Kier molecular flexibility index (Phi) is 9.23. The number of carbonyl (C=O) groups excluding carboxylic acids is 1. The Balaban J connectivity index is 1.62. The van der Waals surface area contributed by atoms with Gasteiger partial charge < -0.3 is 15.2 Å². The van der Waals surface area contributed by atoms with Crippen LogP contribution in [-0.2, 0) is 32.7 Å². The van der Waals surface area contributed by atoms with Crippen LogP contribution < -0.4 is 10.1 Å². The summed E-state index contributed by atoms with van der Waals surface area (Å²) >= 11 is 0. The van der Waals surface area contributed by atoms with Crippen LogP contribution in [0.5, 0.6) is 5.75 Å². The van der Waals surface area contributed by atoms with Gasteiger partial charge in [0.05, 0.1) is 12.1 Å². The Morgan fingerprint density at radius 3 is 2.54 bits per heavy atom. The van der Waals surface area contributed by atoms with Crippen LogP contribution in [0.15, 0.2) is 59.5 Å². The first-order chi connectivity index (χ1) is 21.8. The molecule has 0 fully saturated rings. The Morgan fingerprint density at radius 1 is 1.11 bits per heavy atom. The minimum atomic E-state index is -3.87. The monoisotopic (exact) mass is 647 g/mol. The number of amides is 1. The average molecular weight is 648 g/mol. The van der Waals surface area contributed by atoms with Gasteiger partial charge in [-0.1, -0.05) is 48.5 Å². The van der Waals surface area contributed by atoms with E-state index in [1.807, 2.05) is 76.6 Å². The summed E-state index contributed by atoms with van der Waals surface area (Å²) in [4.78, 5) is 24.3. The van der Waals surface area contributed by atoms with Crippen molar-refractivity contribution in [3.05, 3.63) is 82.4 Å². The van der Waals surface area contributed by atoms with Crippen LogP contribution >= 0.6 is 0 Å². The molecule has 1 aliphatic heterocycles. The number of rotatable bonds is 10. The molecule has 0 aliphatic carbocycles. The van der Waals surface area contributed by atoms with Crippen LogP contribution in [0, 0.1) is 13.8 Å². The fourth-order valence-corrected chi connectivity index (χ4v) is 7.93. The predicted octanol–water partition coefficient (Wildman–Crippen LogP) is 4.93. The molecule has 2 N–H and O–H groups in total. The molecule has 0 saturated carbocycles. The highest BCUT2D eigenvalue weighted by Crippen LogP contribution is 2.40. The first-order valence-corrected chi connectivity index (χ1v) is 16.9. The van der Waals surface area contributed by atoms with Gasteiger partial charge in [-0.15, -0.1) is 5.10 Å². The molecule has 244 valence electrons. The number of hydrogen-bond acceptors (Lipinski definition) is 7. The number of fused-ring (bicyclic) bond motifs is 2. The van der Waals surface area contributed by atoms with Gasteiger partial charge >= 0.3 is 5.97 Å². The maximum absolute atomic E-state index is 13.9. The van der Waals surface area contributed by atoms with E-state index in [2.05, 4.69) is 15.6 Å².